The molecule has 2 amide bonds. The van der Waals surface area contributed by atoms with Gasteiger partial charge in [0.1, 0.15) is 12.4 Å². The number of halogens is 2. The van der Waals surface area contributed by atoms with Crippen molar-refractivity contribution in [1.82, 2.24) is 15.2 Å². The molecule has 1 aromatic heterocycles. The van der Waals surface area contributed by atoms with Crippen molar-refractivity contribution >= 4 is 36.5 Å². The SMILES string of the molecule is Cl.Cl.O=C(Nc1ccc(-c2ccccc2)cc1)N1CCNCC1COc1cccnc1. The summed E-state index contributed by atoms with van der Waals surface area (Å²) in [5.41, 5.74) is 3.05. The smallest absolute Gasteiger partial charge is 0.322 e. The molecule has 1 atom stereocenters. The summed E-state index contributed by atoms with van der Waals surface area (Å²) in [4.78, 5) is 18.7. The summed E-state index contributed by atoms with van der Waals surface area (Å²) in [6.07, 6.45) is 3.38. The van der Waals surface area contributed by atoms with Gasteiger partial charge in [0, 0.05) is 31.5 Å². The fourth-order valence-corrected chi connectivity index (χ4v) is 3.37. The van der Waals surface area contributed by atoms with E-state index in [4.69, 9.17) is 4.74 Å². The molecule has 0 aliphatic carbocycles. The number of urea groups is 1. The Morgan fingerprint density at radius 2 is 1.77 bits per heavy atom. The van der Waals surface area contributed by atoms with Crippen LogP contribution in [0.25, 0.3) is 11.1 Å². The minimum Gasteiger partial charge on any atom is -0.490 e. The summed E-state index contributed by atoms with van der Waals surface area (Å²) in [5.74, 6) is 0.704. The second kappa shape index (κ2) is 12.2. The van der Waals surface area contributed by atoms with Gasteiger partial charge >= 0.3 is 6.03 Å². The molecular formula is C23H26Cl2N4O2. The number of carbonyl (C=O) groups is 1. The largest absolute Gasteiger partial charge is 0.490 e. The van der Waals surface area contributed by atoms with Gasteiger partial charge in [-0.05, 0) is 35.4 Å². The van der Waals surface area contributed by atoms with Crippen LogP contribution in [0.15, 0.2) is 79.1 Å². The van der Waals surface area contributed by atoms with Crippen molar-refractivity contribution in [3.63, 3.8) is 0 Å². The monoisotopic (exact) mass is 460 g/mol. The predicted octanol–water partition coefficient (Wildman–Crippen LogP) is 4.48. The van der Waals surface area contributed by atoms with Gasteiger partial charge in [0.2, 0.25) is 0 Å². The fourth-order valence-electron chi connectivity index (χ4n) is 3.37. The molecule has 3 aromatic rings. The van der Waals surface area contributed by atoms with E-state index in [2.05, 4.69) is 27.8 Å². The highest BCUT2D eigenvalue weighted by Gasteiger charge is 2.27. The lowest BCUT2D eigenvalue weighted by Gasteiger charge is -2.35. The fraction of sp³-hybridized carbons (Fsp3) is 0.217. The molecule has 0 radical (unpaired) electrons. The van der Waals surface area contributed by atoms with Crippen LogP contribution in [0.4, 0.5) is 10.5 Å². The molecule has 8 heteroatoms. The topological polar surface area (TPSA) is 66.5 Å². The van der Waals surface area contributed by atoms with E-state index >= 15 is 0 Å². The van der Waals surface area contributed by atoms with Crippen molar-refractivity contribution in [2.75, 3.05) is 31.6 Å². The Balaban J connectivity index is 0.00000171. The molecule has 0 bridgehead atoms. The van der Waals surface area contributed by atoms with E-state index in [-0.39, 0.29) is 36.9 Å². The molecule has 0 saturated carbocycles. The number of amides is 2. The molecule has 4 rings (SSSR count). The van der Waals surface area contributed by atoms with Gasteiger partial charge in [-0.3, -0.25) is 4.98 Å². The third-order valence-corrected chi connectivity index (χ3v) is 4.93. The zero-order valence-corrected chi connectivity index (χ0v) is 18.6. The van der Waals surface area contributed by atoms with E-state index in [0.717, 1.165) is 23.4 Å². The highest BCUT2D eigenvalue weighted by atomic mass is 35.5. The normalized spacial score (nSPS) is 15.2. The number of hydrogen-bond donors (Lipinski definition) is 2. The Labute approximate surface area is 194 Å². The molecule has 1 unspecified atom stereocenters. The average Bonchev–Trinajstić information content (AvgIpc) is 2.80. The van der Waals surface area contributed by atoms with Gasteiger partial charge in [0.15, 0.2) is 0 Å². The molecule has 1 aliphatic heterocycles. The van der Waals surface area contributed by atoms with E-state index in [0.29, 0.717) is 25.4 Å². The lowest BCUT2D eigenvalue weighted by Crippen LogP contribution is -2.57. The summed E-state index contributed by atoms with van der Waals surface area (Å²) >= 11 is 0. The van der Waals surface area contributed by atoms with Gasteiger partial charge in [-0.1, -0.05) is 42.5 Å². The Hall–Kier alpha value is -2.80. The van der Waals surface area contributed by atoms with Crippen molar-refractivity contribution in [2.24, 2.45) is 0 Å². The number of ether oxygens (including phenoxy) is 1. The van der Waals surface area contributed by atoms with Crippen molar-refractivity contribution < 1.29 is 9.53 Å². The molecule has 6 nitrogen and oxygen atoms in total. The maximum atomic E-state index is 12.9. The number of nitrogens with zero attached hydrogens (tertiary/aromatic N) is 2. The van der Waals surface area contributed by atoms with Gasteiger partial charge in [0.25, 0.3) is 0 Å². The first-order chi connectivity index (χ1) is 14.3. The highest BCUT2D eigenvalue weighted by Crippen LogP contribution is 2.21. The maximum absolute atomic E-state index is 12.9. The molecule has 2 N–H and O–H groups in total. The van der Waals surface area contributed by atoms with Crippen LogP contribution in [0.3, 0.4) is 0 Å². The van der Waals surface area contributed by atoms with Crippen LogP contribution in [-0.2, 0) is 0 Å². The Kier molecular flexibility index (Phi) is 9.59. The molecular weight excluding hydrogens is 435 g/mol. The molecule has 164 valence electrons. The summed E-state index contributed by atoms with van der Waals surface area (Å²) in [5, 5.41) is 6.34. The number of anilines is 1. The Morgan fingerprint density at radius 3 is 2.48 bits per heavy atom. The summed E-state index contributed by atoms with van der Waals surface area (Å²) in [6.45, 7) is 2.51. The molecule has 2 aromatic carbocycles. The van der Waals surface area contributed by atoms with Crippen molar-refractivity contribution in [3.05, 3.63) is 79.1 Å². The zero-order chi connectivity index (χ0) is 19.9. The lowest BCUT2D eigenvalue weighted by molar-refractivity contribution is 0.133. The van der Waals surface area contributed by atoms with Gasteiger partial charge in [0.05, 0.1) is 12.2 Å². The van der Waals surface area contributed by atoms with E-state index in [1.165, 1.54) is 0 Å². The third-order valence-electron chi connectivity index (χ3n) is 4.93. The quantitative estimate of drug-likeness (QED) is 0.588. The van der Waals surface area contributed by atoms with Crippen molar-refractivity contribution in [3.8, 4) is 16.9 Å². The first-order valence-electron chi connectivity index (χ1n) is 9.76. The molecule has 31 heavy (non-hydrogen) atoms. The standard InChI is InChI=1S/C23H24N4O2.2ClH/c28-23(26-20-10-8-19(9-11-20)18-5-2-1-3-6-18)27-14-13-25-15-21(27)17-29-22-7-4-12-24-16-22;;/h1-12,16,21,25H,13-15,17H2,(H,26,28);2*1H. The number of aromatic nitrogens is 1. The summed E-state index contributed by atoms with van der Waals surface area (Å²) in [6, 6.07) is 21.6. The van der Waals surface area contributed by atoms with E-state index in [1.54, 1.807) is 12.4 Å². The van der Waals surface area contributed by atoms with Crippen LogP contribution in [0.2, 0.25) is 0 Å². The molecule has 1 saturated heterocycles. The predicted molar refractivity (Wildman–Crippen MR) is 128 cm³/mol. The van der Waals surface area contributed by atoms with Crippen LogP contribution < -0.4 is 15.4 Å². The minimum absolute atomic E-state index is 0. The number of carbonyl (C=O) groups excluding carboxylic acids is 1. The van der Waals surface area contributed by atoms with Crippen LogP contribution in [0, 0.1) is 0 Å². The lowest BCUT2D eigenvalue weighted by atomic mass is 10.1. The highest BCUT2D eigenvalue weighted by molar-refractivity contribution is 5.90. The Morgan fingerprint density at radius 1 is 1.03 bits per heavy atom. The molecule has 2 heterocycles. The second-order valence-corrected chi connectivity index (χ2v) is 6.92. The van der Waals surface area contributed by atoms with Crippen LogP contribution in [0.5, 0.6) is 5.75 Å². The van der Waals surface area contributed by atoms with E-state index < -0.39 is 0 Å². The van der Waals surface area contributed by atoms with E-state index in [9.17, 15) is 4.79 Å². The third kappa shape index (κ3) is 6.59. The first-order valence-corrected chi connectivity index (χ1v) is 9.76. The van der Waals surface area contributed by atoms with Gasteiger partial charge in [-0.25, -0.2) is 4.79 Å². The first kappa shape index (κ1) is 24.5. The van der Waals surface area contributed by atoms with Gasteiger partial charge in [-0.2, -0.15) is 0 Å². The van der Waals surface area contributed by atoms with Crippen LogP contribution in [-0.4, -0.2) is 48.2 Å². The molecule has 1 fully saturated rings. The molecule has 1 aliphatic rings. The number of pyridine rings is 1. The zero-order valence-electron chi connectivity index (χ0n) is 16.9. The minimum atomic E-state index is -0.112. The van der Waals surface area contributed by atoms with Crippen molar-refractivity contribution in [2.45, 2.75) is 6.04 Å². The summed E-state index contributed by atoms with van der Waals surface area (Å²) < 4.78 is 5.82. The number of benzene rings is 2. The average molecular weight is 461 g/mol. The molecule has 0 spiro atoms. The van der Waals surface area contributed by atoms with Gasteiger partial charge in [-0.15, -0.1) is 24.8 Å². The number of rotatable bonds is 5. The number of nitrogens with one attached hydrogen (secondary N) is 2. The number of piperazine rings is 1. The maximum Gasteiger partial charge on any atom is 0.322 e. The van der Waals surface area contributed by atoms with Crippen molar-refractivity contribution in [1.29, 1.82) is 0 Å². The number of hydrogen-bond acceptors (Lipinski definition) is 4. The van der Waals surface area contributed by atoms with Crippen LogP contribution in [0.1, 0.15) is 0 Å². The van der Waals surface area contributed by atoms with E-state index in [1.807, 2.05) is 59.5 Å². The van der Waals surface area contributed by atoms with Crippen LogP contribution >= 0.6 is 24.8 Å². The Bertz CT molecular complexity index is 927. The van der Waals surface area contributed by atoms with Gasteiger partial charge < -0.3 is 20.3 Å². The second-order valence-electron chi connectivity index (χ2n) is 6.92. The summed E-state index contributed by atoms with van der Waals surface area (Å²) in [7, 11) is 0.